The molecule has 3 aromatic rings. The Labute approximate surface area is 143 Å². The number of piperidine rings is 1. The summed E-state index contributed by atoms with van der Waals surface area (Å²) in [6, 6.07) is 9.22. The number of nitrogens with one attached hydrogen (secondary N) is 1. The van der Waals surface area contributed by atoms with E-state index in [9.17, 15) is 0 Å². The number of aromatic nitrogens is 3. The van der Waals surface area contributed by atoms with E-state index in [2.05, 4.69) is 32.3 Å². The molecule has 0 spiro atoms. The lowest BCUT2D eigenvalue weighted by Gasteiger charge is -2.32. The van der Waals surface area contributed by atoms with Crippen LogP contribution in [0.25, 0.3) is 11.1 Å². The van der Waals surface area contributed by atoms with Gasteiger partial charge in [0.1, 0.15) is 10.5 Å². The van der Waals surface area contributed by atoms with Crippen LogP contribution < -0.4 is 16.0 Å². The van der Waals surface area contributed by atoms with Crippen LogP contribution in [0.4, 0.5) is 11.1 Å². The zero-order valence-electron chi connectivity index (χ0n) is 13.5. The van der Waals surface area contributed by atoms with E-state index in [0.717, 1.165) is 48.1 Å². The minimum atomic E-state index is 0.167. The van der Waals surface area contributed by atoms with Crippen molar-refractivity contribution in [2.24, 2.45) is 0 Å². The number of oxazole rings is 1. The molecule has 0 radical (unpaired) electrons. The topological polar surface area (TPSA) is 93.1 Å². The van der Waals surface area contributed by atoms with E-state index in [1.165, 1.54) is 11.3 Å². The SMILES string of the molecule is CC(NC1CCN(c2nc3ccccc3o2)CC1)c1nnc(N)s1. The van der Waals surface area contributed by atoms with E-state index in [1.807, 2.05) is 24.3 Å². The van der Waals surface area contributed by atoms with Crippen LogP contribution in [0.15, 0.2) is 28.7 Å². The van der Waals surface area contributed by atoms with Crippen molar-refractivity contribution >= 4 is 33.6 Å². The molecule has 1 fully saturated rings. The highest BCUT2D eigenvalue weighted by Gasteiger charge is 2.24. The predicted molar refractivity (Wildman–Crippen MR) is 95.1 cm³/mol. The predicted octanol–water partition coefficient (Wildman–Crippen LogP) is 2.58. The lowest BCUT2D eigenvalue weighted by atomic mass is 10.0. The second-order valence-corrected chi connectivity index (χ2v) is 7.13. The Balaban J connectivity index is 1.36. The average molecular weight is 344 g/mol. The molecule has 1 aliphatic rings. The number of hydrogen-bond acceptors (Lipinski definition) is 8. The maximum Gasteiger partial charge on any atom is 0.298 e. The van der Waals surface area contributed by atoms with Crippen LogP contribution in [0, 0.1) is 0 Å². The van der Waals surface area contributed by atoms with Crippen LogP contribution in [0.3, 0.4) is 0 Å². The molecule has 3 heterocycles. The summed E-state index contributed by atoms with van der Waals surface area (Å²) in [5, 5.41) is 13.1. The summed E-state index contributed by atoms with van der Waals surface area (Å²) in [6.45, 7) is 3.96. The van der Waals surface area contributed by atoms with E-state index in [4.69, 9.17) is 10.2 Å². The molecule has 4 rings (SSSR count). The standard InChI is InChI=1S/C16H20N6OS/c1-10(14-20-21-15(17)24-14)18-11-6-8-22(9-7-11)16-19-12-4-2-3-5-13(12)23-16/h2-5,10-11,18H,6-9H2,1H3,(H2,17,21). The van der Waals surface area contributed by atoms with E-state index in [0.29, 0.717) is 11.2 Å². The number of fused-ring (bicyclic) bond motifs is 1. The zero-order valence-corrected chi connectivity index (χ0v) is 14.3. The first-order valence-corrected chi connectivity index (χ1v) is 8.96. The van der Waals surface area contributed by atoms with Crippen molar-refractivity contribution in [3.8, 4) is 0 Å². The van der Waals surface area contributed by atoms with Crippen molar-refractivity contribution in [3.05, 3.63) is 29.3 Å². The van der Waals surface area contributed by atoms with Crippen LogP contribution in [0.2, 0.25) is 0 Å². The summed E-state index contributed by atoms with van der Waals surface area (Å²) in [7, 11) is 0. The Morgan fingerprint density at radius 3 is 2.79 bits per heavy atom. The molecule has 0 saturated carbocycles. The lowest BCUT2D eigenvalue weighted by molar-refractivity contribution is 0.370. The highest BCUT2D eigenvalue weighted by molar-refractivity contribution is 7.15. The molecule has 0 bridgehead atoms. The molecule has 2 aromatic heterocycles. The van der Waals surface area contributed by atoms with Gasteiger partial charge in [-0.3, -0.25) is 0 Å². The number of para-hydroxylation sites is 2. The van der Waals surface area contributed by atoms with Gasteiger partial charge in [0, 0.05) is 19.1 Å². The van der Waals surface area contributed by atoms with Gasteiger partial charge in [0.15, 0.2) is 5.58 Å². The summed E-state index contributed by atoms with van der Waals surface area (Å²) in [4.78, 5) is 6.80. The Hall–Kier alpha value is -2.19. The number of nitrogen functional groups attached to an aromatic ring is 1. The van der Waals surface area contributed by atoms with Gasteiger partial charge in [0.05, 0.1) is 6.04 Å². The van der Waals surface area contributed by atoms with Gasteiger partial charge in [-0.15, -0.1) is 10.2 Å². The van der Waals surface area contributed by atoms with E-state index < -0.39 is 0 Å². The molecule has 3 N–H and O–H groups in total. The van der Waals surface area contributed by atoms with Crippen LogP contribution >= 0.6 is 11.3 Å². The van der Waals surface area contributed by atoms with E-state index in [-0.39, 0.29) is 6.04 Å². The lowest BCUT2D eigenvalue weighted by Crippen LogP contribution is -2.43. The second-order valence-electron chi connectivity index (χ2n) is 6.09. The highest BCUT2D eigenvalue weighted by Crippen LogP contribution is 2.26. The molecule has 1 aromatic carbocycles. The van der Waals surface area contributed by atoms with Gasteiger partial charge >= 0.3 is 0 Å². The second kappa shape index (κ2) is 6.37. The average Bonchev–Trinajstić information content (AvgIpc) is 3.21. The molecule has 7 nitrogen and oxygen atoms in total. The number of nitrogens with two attached hydrogens (primary N) is 1. The first-order valence-electron chi connectivity index (χ1n) is 8.14. The number of rotatable bonds is 4. The van der Waals surface area contributed by atoms with Gasteiger partial charge in [0.2, 0.25) is 5.13 Å². The smallest absolute Gasteiger partial charge is 0.298 e. The zero-order chi connectivity index (χ0) is 16.5. The fourth-order valence-corrected chi connectivity index (χ4v) is 3.70. The normalized spacial score (nSPS) is 17.5. The Bertz CT molecular complexity index is 790. The first-order chi connectivity index (χ1) is 11.7. The number of hydrogen-bond donors (Lipinski definition) is 2. The molecule has 0 amide bonds. The summed E-state index contributed by atoms with van der Waals surface area (Å²) < 4.78 is 5.86. The van der Waals surface area contributed by atoms with Crippen molar-refractivity contribution in [2.45, 2.75) is 31.8 Å². The van der Waals surface area contributed by atoms with Gasteiger partial charge in [-0.1, -0.05) is 23.5 Å². The number of benzene rings is 1. The minimum Gasteiger partial charge on any atom is -0.423 e. The van der Waals surface area contributed by atoms with Crippen LogP contribution in [-0.4, -0.2) is 34.3 Å². The molecule has 24 heavy (non-hydrogen) atoms. The summed E-state index contributed by atoms with van der Waals surface area (Å²) >= 11 is 1.44. The quantitative estimate of drug-likeness (QED) is 0.751. The maximum absolute atomic E-state index is 5.86. The molecule has 1 aliphatic heterocycles. The Morgan fingerprint density at radius 2 is 2.08 bits per heavy atom. The molecule has 1 saturated heterocycles. The van der Waals surface area contributed by atoms with Gasteiger partial charge in [-0.05, 0) is 31.9 Å². The molecule has 1 atom stereocenters. The monoisotopic (exact) mass is 344 g/mol. The fraction of sp³-hybridized carbons (Fsp3) is 0.438. The summed E-state index contributed by atoms with van der Waals surface area (Å²) in [5.74, 6) is 0. The van der Waals surface area contributed by atoms with Crippen molar-refractivity contribution < 1.29 is 4.42 Å². The molecular weight excluding hydrogens is 324 g/mol. The molecule has 8 heteroatoms. The third-order valence-corrected chi connectivity index (χ3v) is 5.30. The van der Waals surface area contributed by atoms with E-state index >= 15 is 0 Å². The van der Waals surface area contributed by atoms with Gasteiger partial charge in [-0.25, -0.2) is 0 Å². The Kier molecular flexibility index (Phi) is 4.07. The Morgan fingerprint density at radius 1 is 1.29 bits per heavy atom. The molecule has 0 aliphatic carbocycles. The van der Waals surface area contributed by atoms with Crippen LogP contribution in [-0.2, 0) is 0 Å². The number of nitrogens with zero attached hydrogens (tertiary/aromatic N) is 4. The number of anilines is 2. The van der Waals surface area contributed by atoms with Crippen LogP contribution in [0.5, 0.6) is 0 Å². The van der Waals surface area contributed by atoms with E-state index in [1.54, 1.807) is 0 Å². The summed E-state index contributed by atoms with van der Waals surface area (Å²) in [6.07, 6.45) is 2.08. The summed E-state index contributed by atoms with van der Waals surface area (Å²) in [5.41, 5.74) is 7.41. The van der Waals surface area contributed by atoms with Gasteiger partial charge in [0.25, 0.3) is 6.01 Å². The maximum atomic E-state index is 5.86. The van der Waals surface area contributed by atoms with Crippen molar-refractivity contribution in [1.29, 1.82) is 0 Å². The minimum absolute atomic E-state index is 0.167. The highest BCUT2D eigenvalue weighted by atomic mass is 32.1. The fourth-order valence-electron chi connectivity index (χ4n) is 3.08. The largest absolute Gasteiger partial charge is 0.423 e. The first kappa shape index (κ1) is 15.3. The van der Waals surface area contributed by atoms with Crippen molar-refractivity contribution in [1.82, 2.24) is 20.5 Å². The van der Waals surface area contributed by atoms with Gasteiger partial charge < -0.3 is 20.4 Å². The third kappa shape index (κ3) is 3.07. The third-order valence-electron chi connectivity index (χ3n) is 4.36. The molecule has 1 unspecified atom stereocenters. The van der Waals surface area contributed by atoms with Crippen LogP contribution in [0.1, 0.15) is 30.8 Å². The van der Waals surface area contributed by atoms with Crippen molar-refractivity contribution in [3.63, 3.8) is 0 Å². The van der Waals surface area contributed by atoms with Gasteiger partial charge in [-0.2, -0.15) is 4.98 Å². The molecule has 126 valence electrons. The van der Waals surface area contributed by atoms with Crippen molar-refractivity contribution in [2.75, 3.05) is 23.7 Å². The molecular formula is C16H20N6OS.